The van der Waals surface area contributed by atoms with Crippen molar-refractivity contribution in [2.24, 2.45) is 0 Å². The second-order valence-corrected chi connectivity index (χ2v) is 7.21. The van der Waals surface area contributed by atoms with Crippen LogP contribution in [-0.4, -0.2) is 48.1 Å². The number of nitrogens with two attached hydrogens (primary N) is 1. The summed E-state index contributed by atoms with van der Waals surface area (Å²) in [4.78, 5) is 9.83. The van der Waals surface area contributed by atoms with E-state index in [0.717, 1.165) is 5.75 Å². The van der Waals surface area contributed by atoms with E-state index < -0.39 is 15.2 Å². The molecule has 0 spiro atoms. The van der Waals surface area contributed by atoms with Gasteiger partial charge in [0.05, 0.1) is 12.4 Å². The van der Waals surface area contributed by atoms with Crippen LogP contribution in [0, 0.1) is 0 Å². The third-order valence-corrected chi connectivity index (χ3v) is 5.16. The Bertz CT molecular complexity index is 505. The first kappa shape index (κ1) is 12.4. The van der Waals surface area contributed by atoms with Crippen LogP contribution in [-0.2, 0) is 9.84 Å². The van der Waals surface area contributed by atoms with Crippen LogP contribution in [0.5, 0.6) is 0 Å². The van der Waals surface area contributed by atoms with Crippen molar-refractivity contribution in [1.82, 2.24) is 9.97 Å². The average molecular weight is 274 g/mol. The summed E-state index contributed by atoms with van der Waals surface area (Å²) in [6, 6.07) is 0. The van der Waals surface area contributed by atoms with E-state index in [1.807, 2.05) is 0 Å². The molecule has 1 aromatic heterocycles. The summed E-state index contributed by atoms with van der Waals surface area (Å²) >= 11 is 1.63. The Hall–Kier alpha value is -1.02. The molecule has 0 bridgehead atoms. The number of hydrogen-bond donors (Lipinski definition) is 1. The van der Waals surface area contributed by atoms with Gasteiger partial charge in [-0.05, 0) is 0 Å². The number of nitrogen functional groups attached to an aromatic ring is 1. The van der Waals surface area contributed by atoms with Crippen molar-refractivity contribution in [2.75, 3.05) is 34.9 Å². The zero-order valence-electron chi connectivity index (χ0n) is 9.41. The summed E-state index contributed by atoms with van der Waals surface area (Å²) in [5.41, 5.74) is 5.56. The lowest BCUT2D eigenvalue weighted by molar-refractivity contribution is 0.583. The van der Waals surface area contributed by atoms with E-state index in [-0.39, 0.29) is 0 Å². The summed E-state index contributed by atoms with van der Waals surface area (Å²) in [6.45, 7) is 0.639. The predicted molar refractivity (Wildman–Crippen MR) is 69.7 cm³/mol. The van der Waals surface area contributed by atoms with Crippen molar-refractivity contribution in [3.63, 3.8) is 0 Å². The number of aromatic nitrogens is 2. The summed E-state index contributed by atoms with van der Waals surface area (Å²) < 4.78 is 23.4. The van der Waals surface area contributed by atoms with Gasteiger partial charge in [-0.3, -0.25) is 4.98 Å². The third-order valence-electron chi connectivity index (χ3n) is 2.51. The van der Waals surface area contributed by atoms with Gasteiger partial charge in [-0.1, -0.05) is 0 Å². The minimum atomic E-state index is -3.14. The van der Waals surface area contributed by atoms with E-state index in [9.17, 15) is 8.42 Å². The molecular weight excluding hydrogens is 260 g/mol. The van der Waals surface area contributed by atoms with Gasteiger partial charge in [0.2, 0.25) is 0 Å². The van der Waals surface area contributed by atoms with Crippen molar-refractivity contribution in [1.29, 1.82) is 0 Å². The van der Waals surface area contributed by atoms with Gasteiger partial charge in [-0.15, -0.1) is 0 Å². The normalized spacial score (nSPS) is 21.5. The molecule has 1 atom stereocenters. The lowest BCUT2D eigenvalue weighted by Gasteiger charge is -2.34. The van der Waals surface area contributed by atoms with E-state index in [4.69, 9.17) is 5.73 Å². The Labute approximate surface area is 105 Å². The lowest BCUT2D eigenvalue weighted by Crippen LogP contribution is -2.47. The molecule has 1 saturated heterocycles. The number of sulfone groups is 1. The van der Waals surface area contributed by atoms with Crippen molar-refractivity contribution < 1.29 is 8.42 Å². The standard InChI is InChI=1S/C9H14N4O2S2/c1-17(14,15)9-6-16-3-2-13(9)8-5-11-4-7(10)12-8/h4-5,9H,2-3,6H2,1H3,(H2,10,12). The second-order valence-electron chi connectivity index (χ2n) is 3.85. The molecule has 94 valence electrons. The first-order valence-electron chi connectivity index (χ1n) is 5.09. The average Bonchev–Trinajstić information content (AvgIpc) is 2.28. The molecule has 2 rings (SSSR count). The molecular formula is C9H14N4O2S2. The second kappa shape index (κ2) is 4.69. The maximum atomic E-state index is 11.7. The van der Waals surface area contributed by atoms with Crippen LogP contribution in [0.15, 0.2) is 12.4 Å². The van der Waals surface area contributed by atoms with E-state index in [1.165, 1.54) is 12.5 Å². The first-order valence-corrected chi connectivity index (χ1v) is 8.20. The zero-order valence-corrected chi connectivity index (χ0v) is 11.0. The van der Waals surface area contributed by atoms with Crippen LogP contribution in [0.1, 0.15) is 0 Å². The summed E-state index contributed by atoms with van der Waals surface area (Å²) in [5, 5.41) is -0.544. The van der Waals surface area contributed by atoms with Crippen LogP contribution in [0.2, 0.25) is 0 Å². The highest BCUT2D eigenvalue weighted by Gasteiger charge is 2.31. The molecule has 1 fully saturated rings. The molecule has 17 heavy (non-hydrogen) atoms. The molecule has 8 heteroatoms. The fourth-order valence-corrected chi connectivity index (χ4v) is 4.53. The summed E-state index contributed by atoms with van der Waals surface area (Å²) in [7, 11) is -3.14. The number of thioether (sulfide) groups is 1. The molecule has 0 radical (unpaired) electrons. The van der Waals surface area contributed by atoms with Gasteiger partial charge in [-0.2, -0.15) is 11.8 Å². The van der Waals surface area contributed by atoms with Crippen molar-refractivity contribution in [3.05, 3.63) is 12.4 Å². The molecule has 1 aliphatic heterocycles. The van der Waals surface area contributed by atoms with E-state index in [0.29, 0.717) is 23.9 Å². The van der Waals surface area contributed by atoms with Crippen LogP contribution in [0.4, 0.5) is 11.6 Å². The van der Waals surface area contributed by atoms with Gasteiger partial charge in [-0.25, -0.2) is 13.4 Å². The fourth-order valence-electron chi connectivity index (χ4n) is 1.71. The van der Waals surface area contributed by atoms with Crippen molar-refractivity contribution in [2.45, 2.75) is 5.37 Å². The molecule has 0 aliphatic carbocycles. The zero-order chi connectivity index (χ0) is 12.5. The minimum Gasteiger partial charge on any atom is -0.382 e. The number of hydrogen-bond acceptors (Lipinski definition) is 7. The first-order chi connectivity index (χ1) is 7.98. The van der Waals surface area contributed by atoms with Crippen molar-refractivity contribution >= 4 is 33.2 Å². The molecule has 0 amide bonds. The Morgan fingerprint density at radius 2 is 2.29 bits per heavy atom. The largest absolute Gasteiger partial charge is 0.382 e. The molecule has 1 aromatic rings. The highest BCUT2D eigenvalue weighted by atomic mass is 32.2. The van der Waals surface area contributed by atoms with Crippen LogP contribution in [0.3, 0.4) is 0 Å². The minimum absolute atomic E-state index is 0.299. The molecule has 0 saturated carbocycles. The maximum absolute atomic E-state index is 11.7. The van der Waals surface area contributed by atoms with Gasteiger partial charge < -0.3 is 10.6 Å². The van der Waals surface area contributed by atoms with Gasteiger partial charge in [0.15, 0.2) is 15.7 Å². The van der Waals surface area contributed by atoms with Crippen molar-refractivity contribution in [3.8, 4) is 0 Å². The van der Waals surface area contributed by atoms with Gasteiger partial charge >= 0.3 is 0 Å². The van der Waals surface area contributed by atoms with Crippen LogP contribution in [0.25, 0.3) is 0 Å². The molecule has 6 nitrogen and oxygen atoms in total. The molecule has 2 heterocycles. The lowest BCUT2D eigenvalue weighted by atomic mass is 10.4. The summed E-state index contributed by atoms with van der Waals surface area (Å²) in [6.07, 6.45) is 4.23. The highest BCUT2D eigenvalue weighted by molar-refractivity contribution is 8.01. The molecule has 2 N–H and O–H groups in total. The van der Waals surface area contributed by atoms with E-state index in [2.05, 4.69) is 9.97 Å². The number of nitrogens with zero attached hydrogens (tertiary/aromatic N) is 3. The van der Waals surface area contributed by atoms with Gasteiger partial charge in [0.25, 0.3) is 0 Å². The van der Waals surface area contributed by atoms with Gasteiger partial charge in [0, 0.05) is 24.3 Å². The topological polar surface area (TPSA) is 89.2 Å². The fraction of sp³-hybridized carbons (Fsp3) is 0.556. The van der Waals surface area contributed by atoms with Crippen LogP contribution < -0.4 is 10.6 Å². The summed E-state index contributed by atoms with van der Waals surface area (Å²) in [5.74, 6) is 2.26. The Kier molecular flexibility index (Phi) is 3.43. The monoisotopic (exact) mass is 274 g/mol. The predicted octanol–water partition coefficient (Wildman–Crippen LogP) is -0.0173. The SMILES string of the molecule is CS(=O)(=O)C1CSCCN1c1cncc(N)n1. The van der Waals surface area contributed by atoms with Gasteiger partial charge in [0.1, 0.15) is 11.2 Å². The Morgan fingerprint density at radius 3 is 2.94 bits per heavy atom. The number of anilines is 2. The molecule has 0 aromatic carbocycles. The maximum Gasteiger partial charge on any atom is 0.169 e. The van der Waals surface area contributed by atoms with E-state index in [1.54, 1.807) is 22.9 Å². The Morgan fingerprint density at radius 1 is 1.53 bits per heavy atom. The third kappa shape index (κ3) is 2.81. The highest BCUT2D eigenvalue weighted by Crippen LogP contribution is 2.25. The molecule has 1 aliphatic rings. The molecule has 1 unspecified atom stereocenters. The van der Waals surface area contributed by atoms with Crippen LogP contribution >= 0.6 is 11.8 Å². The van der Waals surface area contributed by atoms with E-state index >= 15 is 0 Å². The quantitative estimate of drug-likeness (QED) is 0.810. The number of rotatable bonds is 2. The smallest absolute Gasteiger partial charge is 0.169 e. The Balaban J connectivity index is 2.34.